The van der Waals surface area contributed by atoms with Gasteiger partial charge < -0.3 is 26.2 Å². The summed E-state index contributed by atoms with van der Waals surface area (Å²) in [6, 6.07) is 3.02. The number of hydrogen-bond donors (Lipinski definition) is 3. The van der Waals surface area contributed by atoms with Gasteiger partial charge in [0.05, 0.1) is 11.7 Å². The van der Waals surface area contributed by atoms with Crippen LogP contribution in [0.25, 0.3) is 0 Å². The highest BCUT2D eigenvalue weighted by molar-refractivity contribution is 14.1. The Bertz CT molecular complexity index is 856. The molecule has 0 aromatic heterocycles. The molecule has 8 nitrogen and oxygen atoms in total. The van der Waals surface area contributed by atoms with Crippen LogP contribution in [0.3, 0.4) is 0 Å². The van der Waals surface area contributed by atoms with Crippen molar-refractivity contribution in [1.82, 2.24) is 15.1 Å². The summed E-state index contributed by atoms with van der Waals surface area (Å²) in [7, 11) is 2.01. The summed E-state index contributed by atoms with van der Waals surface area (Å²) in [6.45, 7) is 2.89. The van der Waals surface area contributed by atoms with Gasteiger partial charge in [0.15, 0.2) is 0 Å². The zero-order valence-corrected chi connectivity index (χ0v) is 21.1. The van der Waals surface area contributed by atoms with Gasteiger partial charge in [0.1, 0.15) is 11.9 Å². The van der Waals surface area contributed by atoms with Crippen molar-refractivity contribution in [2.45, 2.75) is 50.6 Å². The quantitative estimate of drug-likeness (QED) is 0.264. The summed E-state index contributed by atoms with van der Waals surface area (Å²) in [5.74, 6) is -1.10. The summed E-state index contributed by atoms with van der Waals surface area (Å²) in [4.78, 5) is 41.0. The molecule has 0 bridgehead atoms. The van der Waals surface area contributed by atoms with Crippen LogP contribution in [-0.4, -0.2) is 70.8 Å². The zero-order valence-electron chi connectivity index (χ0n) is 19.0. The van der Waals surface area contributed by atoms with Gasteiger partial charge in [0.2, 0.25) is 11.8 Å². The SMILES string of the molecule is CN1CCN(C(=O)[C@H](N)Cc2ccc(NC(=O)[C@@H](NC(=O)I)C3CCCCC3)c(F)c2)CC1. The molecule has 0 spiro atoms. The van der Waals surface area contributed by atoms with Crippen molar-refractivity contribution in [3.05, 3.63) is 29.6 Å². The maximum atomic E-state index is 14.8. The van der Waals surface area contributed by atoms with Gasteiger partial charge in [-0.3, -0.25) is 14.4 Å². The molecule has 1 aromatic rings. The summed E-state index contributed by atoms with van der Waals surface area (Å²) in [5, 5.41) is 5.35. The van der Waals surface area contributed by atoms with E-state index < -0.39 is 23.8 Å². The molecule has 2 atom stereocenters. The molecule has 2 fully saturated rings. The van der Waals surface area contributed by atoms with Crippen LogP contribution < -0.4 is 16.4 Å². The monoisotopic (exact) mass is 573 g/mol. The summed E-state index contributed by atoms with van der Waals surface area (Å²) in [6.07, 6.45) is 5.08. The predicted molar refractivity (Wildman–Crippen MR) is 134 cm³/mol. The van der Waals surface area contributed by atoms with Crippen LogP contribution in [0.4, 0.5) is 14.9 Å². The molecule has 1 saturated heterocycles. The summed E-state index contributed by atoms with van der Waals surface area (Å²) < 4.78 is 14.5. The van der Waals surface area contributed by atoms with Crippen molar-refractivity contribution in [3.8, 4) is 0 Å². The number of nitrogens with zero attached hydrogens (tertiary/aromatic N) is 2. The summed E-state index contributed by atoms with van der Waals surface area (Å²) >= 11 is 1.61. The van der Waals surface area contributed by atoms with E-state index in [1.165, 1.54) is 12.1 Å². The molecular formula is C23H33FIN5O3. The highest BCUT2D eigenvalue weighted by Crippen LogP contribution is 2.28. The van der Waals surface area contributed by atoms with Gasteiger partial charge in [-0.05, 0) is 49.9 Å². The molecule has 1 saturated carbocycles. The van der Waals surface area contributed by atoms with Crippen molar-refractivity contribution in [3.63, 3.8) is 0 Å². The Hall–Kier alpha value is -1.79. The molecule has 2 aliphatic rings. The highest BCUT2D eigenvalue weighted by Gasteiger charge is 2.31. The number of carbonyl (C=O) groups excluding carboxylic acids is 3. The van der Waals surface area contributed by atoms with Crippen molar-refractivity contribution in [1.29, 1.82) is 0 Å². The largest absolute Gasteiger partial charge is 0.339 e. The first-order valence-electron chi connectivity index (χ1n) is 11.5. The number of amides is 3. The van der Waals surface area contributed by atoms with Crippen LogP contribution in [0, 0.1) is 11.7 Å². The van der Waals surface area contributed by atoms with E-state index in [4.69, 9.17) is 5.73 Å². The molecular weight excluding hydrogens is 540 g/mol. The number of hydrogen-bond acceptors (Lipinski definition) is 5. The van der Waals surface area contributed by atoms with Gasteiger partial charge in [0, 0.05) is 48.8 Å². The third-order valence-corrected chi connectivity index (χ3v) is 6.86. The van der Waals surface area contributed by atoms with Crippen LogP contribution in [0.5, 0.6) is 0 Å². The van der Waals surface area contributed by atoms with E-state index in [1.807, 2.05) is 7.05 Å². The second-order valence-corrected chi connectivity index (χ2v) is 10.0. The molecule has 3 rings (SSSR count). The number of nitrogens with two attached hydrogens (primary N) is 1. The number of benzene rings is 1. The van der Waals surface area contributed by atoms with Crippen LogP contribution in [-0.2, 0) is 16.0 Å². The van der Waals surface area contributed by atoms with E-state index in [2.05, 4.69) is 15.5 Å². The molecule has 4 N–H and O–H groups in total. The molecule has 1 heterocycles. The normalized spacial score (nSPS) is 19.6. The first-order chi connectivity index (χ1) is 15.7. The van der Waals surface area contributed by atoms with Gasteiger partial charge in [-0.25, -0.2) is 4.39 Å². The minimum Gasteiger partial charge on any atom is -0.339 e. The number of nitrogens with one attached hydrogen (secondary N) is 2. The lowest BCUT2D eigenvalue weighted by Crippen LogP contribution is -2.52. The Balaban J connectivity index is 1.61. The Labute approximate surface area is 207 Å². The first kappa shape index (κ1) is 25.8. The first-order valence-corrected chi connectivity index (χ1v) is 12.6. The number of anilines is 1. The fourth-order valence-electron chi connectivity index (χ4n) is 4.59. The molecule has 1 aliphatic carbocycles. The molecule has 3 amide bonds. The fourth-order valence-corrected chi connectivity index (χ4v) is 4.92. The number of rotatable bonds is 7. The minimum atomic E-state index is -0.747. The third-order valence-electron chi connectivity index (χ3n) is 6.55. The number of halogens is 2. The molecule has 0 radical (unpaired) electrons. The maximum Gasteiger partial charge on any atom is 0.281 e. The number of likely N-dealkylation sites (N-methyl/N-ethyl adjacent to an activating group) is 1. The number of carbonyl (C=O) groups is 3. The second kappa shape index (κ2) is 12.1. The van der Waals surface area contributed by atoms with Gasteiger partial charge in [-0.15, -0.1) is 0 Å². The molecule has 33 heavy (non-hydrogen) atoms. The van der Waals surface area contributed by atoms with E-state index in [0.717, 1.165) is 45.2 Å². The Morgan fingerprint density at radius 2 is 1.82 bits per heavy atom. The average molecular weight is 573 g/mol. The Morgan fingerprint density at radius 3 is 2.42 bits per heavy atom. The standard InChI is InChI=1S/C23H33FIN5O3/c1-29-9-11-30(12-10-29)22(32)18(26)14-15-7-8-19(17(24)13-15)27-21(31)20(28-23(25)33)16-5-3-2-4-6-16/h7-8,13,16,18,20H,2-6,9-12,14,26H2,1H3,(H,27,31)(H,28,33)/t18-,20+/m1/s1. The van der Waals surface area contributed by atoms with Gasteiger partial charge in [-0.1, -0.05) is 25.3 Å². The van der Waals surface area contributed by atoms with E-state index in [-0.39, 0.29) is 27.8 Å². The van der Waals surface area contributed by atoms with E-state index >= 15 is 0 Å². The lowest BCUT2D eigenvalue weighted by atomic mass is 9.83. The zero-order chi connectivity index (χ0) is 24.0. The van der Waals surface area contributed by atoms with Crippen LogP contribution >= 0.6 is 22.6 Å². The third kappa shape index (κ3) is 7.35. The lowest BCUT2D eigenvalue weighted by Gasteiger charge is -2.33. The van der Waals surface area contributed by atoms with Crippen molar-refractivity contribution < 1.29 is 18.8 Å². The minimum absolute atomic E-state index is 0.0402. The van der Waals surface area contributed by atoms with E-state index in [1.54, 1.807) is 33.6 Å². The van der Waals surface area contributed by atoms with Gasteiger partial charge >= 0.3 is 0 Å². The predicted octanol–water partition coefficient (Wildman–Crippen LogP) is 2.50. The van der Waals surface area contributed by atoms with Gasteiger partial charge in [0.25, 0.3) is 3.91 Å². The van der Waals surface area contributed by atoms with Crippen LogP contribution in [0.2, 0.25) is 0 Å². The van der Waals surface area contributed by atoms with E-state index in [9.17, 15) is 18.8 Å². The fraction of sp³-hybridized carbons (Fsp3) is 0.609. The lowest BCUT2D eigenvalue weighted by molar-refractivity contribution is -0.134. The van der Waals surface area contributed by atoms with Gasteiger partial charge in [-0.2, -0.15) is 0 Å². The van der Waals surface area contributed by atoms with Crippen LogP contribution in [0.15, 0.2) is 18.2 Å². The second-order valence-electron chi connectivity index (χ2n) is 9.04. The van der Waals surface area contributed by atoms with Crippen molar-refractivity contribution in [2.75, 3.05) is 38.5 Å². The molecule has 1 aromatic carbocycles. The average Bonchev–Trinajstić information content (AvgIpc) is 2.79. The Morgan fingerprint density at radius 1 is 1.15 bits per heavy atom. The topological polar surface area (TPSA) is 108 Å². The highest BCUT2D eigenvalue weighted by atomic mass is 127. The molecule has 182 valence electrons. The smallest absolute Gasteiger partial charge is 0.281 e. The van der Waals surface area contributed by atoms with Crippen molar-refractivity contribution in [2.24, 2.45) is 11.7 Å². The summed E-state index contributed by atoms with van der Waals surface area (Å²) in [5.41, 5.74) is 6.75. The molecule has 10 heteroatoms. The van der Waals surface area contributed by atoms with E-state index in [0.29, 0.717) is 18.7 Å². The molecule has 1 aliphatic heterocycles. The van der Waals surface area contributed by atoms with Crippen molar-refractivity contribution >= 4 is 44.0 Å². The number of piperazine rings is 1. The molecule has 0 unspecified atom stereocenters. The van der Waals surface area contributed by atoms with Crippen LogP contribution in [0.1, 0.15) is 37.7 Å². The maximum absolute atomic E-state index is 14.8. The Kier molecular flexibility index (Phi) is 9.45.